The summed E-state index contributed by atoms with van der Waals surface area (Å²) in [7, 11) is 2.06. The first-order valence-electron chi connectivity index (χ1n) is 10.7. The number of rotatable bonds is 4. The minimum Gasteiger partial charge on any atom is -0.467 e. The molecule has 0 saturated carbocycles. The number of likely N-dealkylation sites (tertiary alicyclic amines) is 1. The number of furan rings is 1. The zero-order valence-corrected chi connectivity index (χ0v) is 17.5. The average molecular weight is 415 g/mol. The average Bonchev–Trinajstić information content (AvgIpc) is 3.36. The summed E-state index contributed by atoms with van der Waals surface area (Å²) in [4.78, 5) is 31.4. The van der Waals surface area contributed by atoms with E-state index in [1.165, 1.54) is 0 Å². The first kappa shape index (κ1) is 20.5. The van der Waals surface area contributed by atoms with Gasteiger partial charge in [0.05, 0.1) is 12.3 Å². The molecule has 162 valence electrons. The molecule has 0 unspecified atom stereocenters. The number of amides is 3. The number of piperazine rings is 1. The lowest BCUT2D eigenvalue weighted by Gasteiger charge is -2.32. The molecule has 9 heteroatoms. The smallest absolute Gasteiger partial charge is 0.323 e. The predicted octanol–water partition coefficient (Wildman–Crippen LogP) is 2.40. The van der Waals surface area contributed by atoms with Crippen molar-refractivity contribution in [1.82, 2.24) is 24.5 Å². The fourth-order valence-corrected chi connectivity index (χ4v) is 4.12. The van der Waals surface area contributed by atoms with Gasteiger partial charge in [0.2, 0.25) is 5.91 Å². The van der Waals surface area contributed by atoms with Crippen LogP contribution >= 0.6 is 0 Å². The maximum absolute atomic E-state index is 13.0. The number of carbonyl (C=O) groups excluding carboxylic acids is 2. The molecule has 30 heavy (non-hydrogen) atoms. The highest BCUT2D eigenvalue weighted by Gasteiger charge is 2.29. The molecule has 9 nitrogen and oxygen atoms in total. The Balaban J connectivity index is 1.36. The Morgan fingerprint density at radius 2 is 1.97 bits per heavy atom. The van der Waals surface area contributed by atoms with Crippen molar-refractivity contribution in [3.8, 4) is 0 Å². The van der Waals surface area contributed by atoms with Gasteiger partial charge in [0.1, 0.15) is 12.3 Å². The third-order valence-corrected chi connectivity index (χ3v) is 5.91. The van der Waals surface area contributed by atoms with Crippen molar-refractivity contribution in [3.05, 3.63) is 36.4 Å². The highest BCUT2D eigenvalue weighted by Crippen LogP contribution is 2.30. The monoisotopic (exact) mass is 414 g/mol. The normalized spacial score (nSPS) is 20.8. The van der Waals surface area contributed by atoms with Crippen LogP contribution in [0.2, 0.25) is 0 Å². The van der Waals surface area contributed by atoms with Crippen molar-refractivity contribution >= 4 is 17.8 Å². The highest BCUT2D eigenvalue weighted by molar-refractivity contribution is 5.88. The first-order chi connectivity index (χ1) is 14.6. The van der Waals surface area contributed by atoms with Gasteiger partial charge in [-0.2, -0.15) is 5.10 Å². The SMILES string of the molecule is CN1CCN(C(=O)Cn2ccc(NC(=O)N3CCCCC[C@@H]3c3ccco3)n2)CC1. The van der Waals surface area contributed by atoms with Gasteiger partial charge in [-0.15, -0.1) is 0 Å². The number of likely N-dealkylation sites (N-methyl/N-ethyl adjacent to an activating group) is 1. The fraction of sp³-hybridized carbons (Fsp3) is 0.571. The molecule has 2 aromatic heterocycles. The van der Waals surface area contributed by atoms with E-state index in [4.69, 9.17) is 4.42 Å². The van der Waals surface area contributed by atoms with Gasteiger partial charge in [-0.05, 0) is 32.0 Å². The summed E-state index contributed by atoms with van der Waals surface area (Å²) < 4.78 is 7.17. The lowest BCUT2D eigenvalue weighted by atomic mass is 10.1. The Morgan fingerprint density at radius 3 is 2.73 bits per heavy atom. The van der Waals surface area contributed by atoms with E-state index in [-0.39, 0.29) is 24.5 Å². The molecular weight excluding hydrogens is 384 g/mol. The van der Waals surface area contributed by atoms with Crippen LogP contribution < -0.4 is 5.32 Å². The lowest BCUT2D eigenvalue weighted by molar-refractivity contribution is -0.133. The molecule has 2 aliphatic rings. The first-order valence-corrected chi connectivity index (χ1v) is 10.7. The number of hydrogen-bond donors (Lipinski definition) is 1. The van der Waals surface area contributed by atoms with Crippen molar-refractivity contribution in [1.29, 1.82) is 0 Å². The molecule has 4 heterocycles. The third kappa shape index (κ3) is 4.84. The van der Waals surface area contributed by atoms with E-state index in [1.807, 2.05) is 21.9 Å². The van der Waals surface area contributed by atoms with Crippen molar-refractivity contribution in [2.24, 2.45) is 0 Å². The van der Waals surface area contributed by atoms with E-state index in [2.05, 4.69) is 22.4 Å². The van der Waals surface area contributed by atoms with Crippen LogP contribution in [0.5, 0.6) is 0 Å². The van der Waals surface area contributed by atoms with Crippen LogP contribution in [0.15, 0.2) is 35.1 Å². The lowest BCUT2D eigenvalue weighted by Crippen LogP contribution is -2.48. The number of nitrogens with zero attached hydrogens (tertiary/aromatic N) is 5. The second-order valence-corrected chi connectivity index (χ2v) is 8.09. The number of carbonyl (C=O) groups is 2. The van der Waals surface area contributed by atoms with E-state index >= 15 is 0 Å². The zero-order chi connectivity index (χ0) is 20.9. The molecule has 2 fully saturated rings. The molecule has 0 aliphatic carbocycles. The van der Waals surface area contributed by atoms with Crippen molar-refractivity contribution in [2.45, 2.75) is 38.3 Å². The quantitative estimate of drug-likeness (QED) is 0.830. The van der Waals surface area contributed by atoms with E-state index in [1.54, 1.807) is 23.2 Å². The summed E-state index contributed by atoms with van der Waals surface area (Å²) in [6, 6.07) is 5.26. The van der Waals surface area contributed by atoms with Gasteiger partial charge in [0.25, 0.3) is 0 Å². The summed E-state index contributed by atoms with van der Waals surface area (Å²) in [6.45, 7) is 4.11. The Hall–Kier alpha value is -2.81. The molecule has 0 bridgehead atoms. The molecule has 0 aromatic carbocycles. The van der Waals surface area contributed by atoms with Gasteiger partial charge in [-0.1, -0.05) is 12.8 Å². The van der Waals surface area contributed by atoms with Crippen LogP contribution in [0.1, 0.15) is 37.5 Å². The Bertz CT molecular complexity index is 841. The van der Waals surface area contributed by atoms with Crippen LogP contribution in [0.3, 0.4) is 0 Å². The molecular formula is C21H30N6O3. The van der Waals surface area contributed by atoms with Crippen LogP contribution in [0.4, 0.5) is 10.6 Å². The van der Waals surface area contributed by atoms with Gasteiger partial charge < -0.3 is 19.1 Å². The van der Waals surface area contributed by atoms with Crippen molar-refractivity contribution < 1.29 is 14.0 Å². The van der Waals surface area contributed by atoms with Crippen LogP contribution in [0, 0.1) is 0 Å². The summed E-state index contributed by atoms with van der Waals surface area (Å²) >= 11 is 0. The summed E-state index contributed by atoms with van der Waals surface area (Å²) in [6.07, 6.45) is 7.40. The molecule has 2 aromatic rings. The van der Waals surface area contributed by atoms with Crippen molar-refractivity contribution in [3.63, 3.8) is 0 Å². The Morgan fingerprint density at radius 1 is 1.13 bits per heavy atom. The Labute approximate surface area is 176 Å². The van der Waals surface area contributed by atoms with Crippen LogP contribution in [-0.2, 0) is 11.3 Å². The molecule has 4 rings (SSSR count). The van der Waals surface area contributed by atoms with Gasteiger partial charge in [0, 0.05) is 45.0 Å². The number of hydrogen-bond acceptors (Lipinski definition) is 5. The Kier molecular flexibility index (Phi) is 6.37. The van der Waals surface area contributed by atoms with E-state index in [0.717, 1.165) is 57.6 Å². The molecule has 1 atom stereocenters. The number of anilines is 1. The highest BCUT2D eigenvalue weighted by atomic mass is 16.3. The number of urea groups is 1. The van der Waals surface area contributed by atoms with Crippen LogP contribution in [-0.4, -0.2) is 76.2 Å². The second-order valence-electron chi connectivity index (χ2n) is 8.09. The minimum atomic E-state index is -0.186. The van der Waals surface area contributed by atoms with E-state index < -0.39 is 0 Å². The topological polar surface area (TPSA) is 86.9 Å². The summed E-state index contributed by atoms with van der Waals surface area (Å²) in [5.41, 5.74) is 0. The fourth-order valence-electron chi connectivity index (χ4n) is 4.12. The molecule has 1 N–H and O–H groups in total. The number of nitrogens with one attached hydrogen (secondary N) is 1. The third-order valence-electron chi connectivity index (χ3n) is 5.91. The van der Waals surface area contributed by atoms with Gasteiger partial charge >= 0.3 is 6.03 Å². The van der Waals surface area contributed by atoms with E-state index in [0.29, 0.717) is 12.4 Å². The molecule has 0 radical (unpaired) electrons. The summed E-state index contributed by atoms with van der Waals surface area (Å²) in [5, 5.41) is 7.27. The molecule has 3 amide bonds. The number of aromatic nitrogens is 2. The zero-order valence-electron chi connectivity index (χ0n) is 17.5. The standard InChI is InChI=1S/C21H30N6O3/c1-24-11-13-25(14-12-24)20(28)16-26-10-8-19(23-26)22-21(29)27-9-4-2-3-6-17(27)18-7-5-15-30-18/h5,7-8,10,15,17H,2-4,6,9,11-14,16H2,1H3,(H,22,23,29)/t17-/m1/s1. The van der Waals surface area contributed by atoms with Gasteiger partial charge in [-0.25, -0.2) is 4.79 Å². The predicted molar refractivity (Wildman–Crippen MR) is 112 cm³/mol. The van der Waals surface area contributed by atoms with Gasteiger partial charge in [-0.3, -0.25) is 14.8 Å². The minimum absolute atomic E-state index is 0.0504. The largest absolute Gasteiger partial charge is 0.467 e. The molecule has 2 aliphatic heterocycles. The van der Waals surface area contributed by atoms with Gasteiger partial charge in [0.15, 0.2) is 5.82 Å². The second kappa shape index (κ2) is 9.34. The molecule has 0 spiro atoms. The maximum atomic E-state index is 13.0. The maximum Gasteiger partial charge on any atom is 0.323 e. The summed E-state index contributed by atoms with van der Waals surface area (Å²) in [5.74, 6) is 1.32. The van der Waals surface area contributed by atoms with E-state index in [9.17, 15) is 9.59 Å². The molecule has 2 saturated heterocycles. The van der Waals surface area contributed by atoms with Crippen molar-refractivity contribution in [2.75, 3.05) is 45.1 Å². The van der Waals surface area contributed by atoms with Crippen LogP contribution in [0.25, 0.3) is 0 Å².